The average Bonchev–Trinajstić information content (AvgIpc) is 2.95. The molecule has 0 saturated heterocycles. The topological polar surface area (TPSA) is 94.1 Å². The van der Waals surface area contributed by atoms with E-state index < -0.39 is 29.9 Å². The van der Waals surface area contributed by atoms with Gasteiger partial charge in [0.1, 0.15) is 6.10 Å². The molecule has 3 amide bonds. The molecule has 0 saturated carbocycles. The van der Waals surface area contributed by atoms with Crippen molar-refractivity contribution in [2.45, 2.75) is 38.7 Å². The fourth-order valence-electron chi connectivity index (χ4n) is 4.85. The van der Waals surface area contributed by atoms with Crippen molar-refractivity contribution >= 4 is 23.3 Å². The molecule has 0 bridgehead atoms. The maximum Gasteiger partial charge on any atom is 0.416 e. The number of amides is 3. The number of anilines is 2. The van der Waals surface area contributed by atoms with Crippen molar-refractivity contribution in [3.63, 3.8) is 0 Å². The van der Waals surface area contributed by atoms with Crippen LogP contribution in [0.25, 0.3) is 0 Å². The average molecular weight is 585 g/mol. The molecule has 0 spiro atoms. The van der Waals surface area contributed by atoms with Crippen LogP contribution < -0.4 is 15.4 Å². The standard InChI is InChI=1S/C31H35F3N4O4/c1-20-16-38(21(2)19-39)29(40)25-10-7-11-26(36-30(41)35-24-8-5-4-6-9-24)28(25)42-27(20)18-37(3)17-22-12-14-23(15-13-22)31(32,33)34/h4-15,20-21,27,39H,16-19H2,1-3H3,(H2,35,36,41)/t20-,21+,27+/m1/s1. The molecule has 0 aromatic heterocycles. The molecule has 3 aromatic rings. The van der Waals surface area contributed by atoms with Crippen LogP contribution in [-0.2, 0) is 12.7 Å². The molecule has 8 nitrogen and oxygen atoms in total. The minimum Gasteiger partial charge on any atom is -0.486 e. The Labute approximate surface area is 243 Å². The molecule has 3 atom stereocenters. The van der Waals surface area contributed by atoms with Gasteiger partial charge in [0.15, 0.2) is 5.75 Å². The monoisotopic (exact) mass is 584 g/mol. The van der Waals surface area contributed by atoms with Gasteiger partial charge in [0.2, 0.25) is 0 Å². The number of hydrogen-bond donors (Lipinski definition) is 3. The first-order valence-electron chi connectivity index (χ1n) is 13.7. The molecule has 11 heteroatoms. The van der Waals surface area contributed by atoms with Crippen LogP contribution in [0.1, 0.15) is 35.3 Å². The van der Waals surface area contributed by atoms with Gasteiger partial charge in [0.05, 0.1) is 29.5 Å². The maximum absolute atomic E-state index is 13.6. The van der Waals surface area contributed by atoms with Gasteiger partial charge >= 0.3 is 12.2 Å². The number of aliphatic hydroxyl groups is 1. The molecular weight excluding hydrogens is 549 g/mol. The number of carbonyl (C=O) groups is 2. The van der Waals surface area contributed by atoms with Gasteiger partial charge in [-0.3, -0.25) is 9.69 Å². The largest absolute Gasteiger partial charge is 0.486 e. The predicted octanol–water partition coefficient (Wildman–Crippen LogP) is 5.70. The molecule has 4 rings (SSSR count). The number of nitrogens with zero attached hydrogens (tertiary/aromatic N) is 2. The van der Waals surface area contributed by atoms with E-state index in [9.17, 15) is 27.9 Å². The first-order chi connectivity index (χ1) is 20.0. The summed E-state index contributed by atoms with van der Waals surface area (Å²) in [6.45, 7) is 4.52. The lowest BCUT2D eigenvalue weighted by Crippen LogP contribution is -2.49. The number of halogens is 3. The summed E-state index contributed by atoms with van der Waals surface area (Å²) in [4.78, 5) is 30.0. The number of benzene rings is 3. The zero-order valence-electron chi connectivity index (χ0n) is 23.7. The third kappa shape index (κ3) is 7.59. The summed E-state index contributed by atoms with van der Waals surface area (Å²) in [7, 11) is 1.84. The zero-order chi connectivity index (χ0) is 30.4. The SMILES string of the molecule is C[C@@H]1CN([C@@H](C)CO)C(=O)c2cccc(NC(=O)Nc3ccccc3)c2O[C@H]1CN(C)Cc1ccc(C(F)(F)F)cc1. The van der Waals surface area contributed by atoms with Crippen LogP contribution in [0.2, 0.25) is 0 Å². The number of nitrogens with one attached hydrogen (secondary N) is 2. The normalized spacial score (nSPS) is 18.0. The van der Waals surface area contributed by atoms with E-state index in [2.05, 4.69) is 10.6 Å². The van der Waals surface area contributed by atoms with Crippen molar-refractivity contribution in [1.29, 1.82) is 0 Å². The highest BCUT2D eigenvalue weighted by atomic mass is 19.4. The van der Waals surface area contributed by atoms with Gasteiger partial charge in [-0.15, -0.1) is 0 Å². The van der Waals surface area contributed by atoms with E-state index in [1.807, 2.05) is 24.9 Å². The molecule has 3 N–H and O–H groups in total. The number of hydrogen-bond acceptors (Lipinski definition) is 5. The molecule has 0 radical (unpaired) electrons. The lowest BCUT2D eigenvalue weighted by molar-refractivity contribution is -0.137. The quantitative estimate of drug-likeness (QED) is 0.316. The third-order valence-electron chi connectivity index (χ3n) is 7.20. The van der Waals surface area contributed by atoms with Crippen molar-refractivity contribution in [3.05, 3.63) is 89.5 Å². The number of urea groups is 1. The van der Waals surface area contributed by atoms with Gasteiger partial charge in [0, 0.05) is 31.2 Å². The molecule has 3 aromatic carbocycles. The van der Waals surface area contributed by atoms with E-state index in [0.29, 0.717) is 36.6 Å². The first-order valence-corrected chi connectivity index (χ1v) is 13.7. The number of fused-ring (bicyclic) bond motifs is 1. The number of alkyl halides is 3. The zero-order valence-corrected chi connectivity index (χ0v) is 23.7. The van der Waals surface area contributed by atoms with Crippen molar-refractivity contribution in [3.8, 4) is 5.75 Å². The molecule has 224 valence electrons. The highest BCUT2D eigenvalue weighted by molar-refractivity contribution is 6.04. The Bertz CT molecular complexity index is 1370. The number of rotatable bonds is 8. The Kier molecular flexibility index (Phi) is 9.74. The number of ether oxygens (including phenoxy) is 1. The van der Waals surface area contributed by atoms with Gasteiger partial charge < -0.3 is 25.4 Å². The van der Waals surface area contributed by atoms with E-state index in [0.717, 1.165) is 12.1 Å². The lowest BCUT2D eigenvalue weighted by Gasteiger charge is -2.38. The summed E-state index contributed by atoms with van der Waals surface area (Å²) in [5.74, 6) is -0.320. The maximum atomic E-state index is 13.6. The Morgan fingerprint density at radius 1 is 1.07 bits per heavy atom. The fraction of sp³-hybridized carbons (Fsp3) is 0.355. The summed E-state index contributed by atoms with van der Waals surface area (Å²) < 4.78 is 45.5. The van der Waals surface area contributed by atoms with E-state index in [1.165, 1.54) is 12.1 Å². The summed E-state index contributed by atoms with van der Waals surface area (Å²) in [6.07, 6.45) is -4.87. The molecule has 1 aliphatic heterocycles. The minimum absolute atomic E-state index is 0.197. The second-order valence-corrected chi connectivity index (χ2v) is 10.6. The van der Waals surface area contributed by atoms with E-state index in [-0.39, 0.29) is 29.7 Å². The van der Waals surface area contributed by atoms with E-state index >= 15 is 0 Å². The molecule has 0 unspecified atom stereocenters. The second kappa shape index (κ2) is 13.3. The fourth-order valence-corrected chi connectivity index (χ4v) is 4.85. The smallest absolute Gasteiger partial charge is 0.416 e. The molecule has 42 heavy (non-hydrogen) atoms. The predicted molar refractivity (Wildman–Crippen MR) is 154 cm³/mol. The first kappa shape index (κ1) is 30.9. The van der Waals surface area contributed by atoms with Crippen molar-refractivity contribution < 1.29 is 32.6 Å². The van der Waals surface area contributed by atoms with Gasteiger partial charge in [-0.05, 0) is 55.9 Å². The Hall–Kier alpha value is -4.09. The van der Waals surface area contributed by atoms with Crippen LogP contribution in [0.5, 0.6) is 5.75 Å². The molecule has 0 fully saturated rings. The summed E-state index contributed by atoms with van der Waals surface area (Å²) >= 11 is 0. The van der Waals surface area contributed by atoms with Crippen LogP contribution in [0.4, 0.5) is 29.3 Å². The van der Waals surface area contributed by atoms with Crippen molar-refractivity contribution in [1.82, 2.24) is 9.80 Å². The summed E-state index contributed by atoms with van der Waals surface area (Å²) in [6, 6.07) is 17.9. The lowest BCUT2D eigenvalue weighted by atomic mass is 9.98. The Morgan fingerprint density at radius 3 is 2.40 bits per heavy atom. The number of aliphatic hydroxyl groups excluding tert-OH is 1. The minimum atomic E-state index is -4.40. The van der Waals surface area contributed by atoms with Crippen LogP contribution >= 0.6 is 0 Å². The Morgan fingerprint density at radius 2 is 1.76 bits per heavy atom. The van der Waals surface area contributed by atoms with Crippen LogP contribution in [0.3, 0.4) is 0 Å². The molecule has 0 aliphatic carbocycles. The molecular formula is C31H35F3N4O4. The highest BCUT2D eigenvalue weighted by Crippen LogP contribution is 2.35. The van der Waals surface area contributed by atoms with Crippen LogP contribution in [0.15, 0.2) is 72.8 Å². The molecule has 1 heterocycles. The second-order valence-electron chi connectivity index (χ2n) is 10.6. The van der Waals surface area contributed by atoms with Crippen molar-refractivity contribution in [2.24, 2.45) is 5.92 Å². The highest BCUT2D eigenvalue weighted by Gasteiger charge is 2.35. The number of carbonyl (C=O) groups excluding carboxylic acids is 2. The van der Waals surface area contributed by atoms with Gasteiger partial charge in [-0.25, -0.2) is 4.79 Å². The third-order valence-corrected chi connectivity index (χ3v) is 7.20. The van der Waals surface area contributed by atoms with Gasteiger partial charge in [0.25, 0.3) is 5.91 Å². The van der Waals surface area contributed by atoms with Gasteiger partial charge in [-0.2, -0.15) is 13.2 Å². The summed E-state index contributed by atoms with van der Waals surface area (Å²) in [5, 5.41) is 15.4. The number of likely N-dealkylation sites (N-methyl/N-ethyl adjacent to an activating group) is 1. The molecule has 1 aliphatic rings. The van der Waals surface area contributed by atoms with Gasteiger partial charge in [-0.1, -0.05) is 43.3 Å². The Balaban J connectivity index is 1.60. The number of para-hydroxylation sites is 2. The van der Waals surface area contributed by atoms with Crippen LogP contribution in [0, 0.1) is 5.92 Å². The van der Waals surface area contributed by atoms with Crippen LogP contribution in [-0.4, -0.2) is 65.7 Å². The summed E-state index contributed by atoms with van der Waals surface area (Å²) in [5.41, 5.74) is 1.13. The van der Waals surface area contributed by atoms with E-state index in [4.69, 9.17) is 4.74 Å². The van der Waals surface area contributed by atoms with E-state index in [1.54, 1.807) is 54.3 Å². The van der Waals surface area contributed by atoms with Crippen molar-refractivity contribution in [2.75, 3.05) is 37.4 Å².